The van der Waals surface area contributed by atoms with E-state index in [1.54, 1.807) is 23.9 Å². The van der Waals surface area contributed by atoms with Crippen molar-refractivity contribution in [1.82, 2.24) is 0 Å². The maximum atomic E-state index is 11.6. The van der Waals surface area contributed by atoms with Crippen LogP contribution < -0.4 is 0 Å². The van der Waals surface area contributed by atoms with Gasteiger partial charge in [0, 0.05) is 40.4 Å². The first-order valence-electron chi connectivity index (χ1n) is 5.98. The summed E-state index contributed by atoms with van der Waals surface area (Å²) in [5.74, 6) is -0.258. The average molecular weight is 405 g/mol. The maximum absolute atomic E-state index is 11.6. The van der Waals surface area contributed by atoms with Gasteiger partial charge in [0.05, 0.1) is 11.6 Å². The minimum absolute atomic E-state index is 0. The molecule has 0 saturated heterocycles. The van der Waals surface area contributed by atoms with Crippen LogP contribution in [0.3, 0.4) is 0 Å². The first-order valence-corrected chi connectivity index (χ1v) is 7.18. The largest absolute Gasteiger partial charge is 0.652 e. The topological polar surface area (TPSA) is 43.5 Å². The van der Waals surface area contributed by atoms with Crippen molar-refractivity contribution >= 4 is 40.1 Å². The van der Waals surface area contributed by atoms with Gasteiger partial charge in [0.15, 0.2) is 0 Å². The second-order valence-corrected chi connectivity index (χ2v) is 5.65. The van der Waals surface area contributed by atoms with Crippen LogP contribution in [0, 0.1) is 0 Å². The van der Waals surface area contributed by atoms with Gasteiger partial charge in [-0.2, -0.15) is 0 Å². The van der Waals surface area contributed by atoms with Gasteiger partial charge in [0.2, 0.25) is 0 Å². The van der Waals surface area contributed by atoms with E-state index in [1.165, 1.54) is 7.05 Å². The van der Waals surface area contributed by atoms with E-state index in [0.717, 1.165) is 15.4 Å². The third kappa shape index (κ3) is 3.20. The Kier molecular flexibility index (Phi) is 5.20. The van der Waals surface area contributed by atoms with Crippen LogP contribution in [0.25, 0.3) is 5.32 Å². The zero-order valence-electron chi connectivity index (χ0n) is 11.0. The molecule has 0 fully saturated rings. The molecule has 0 unspecified atom stereocenters. The van der Waals surface area contributed by atoms with Crippen LogP contribution in [0.1, 0.15) is 15.9 Å². The SMILES string of the molecule is C[N-]C(=O)c1ccc2c(c1)N=C(Cl)c1ccccc1S2.[Rh]. The number of rotatable bonds is 1. The van der Waals surface area contributed by atoms with Crippen LogP contribution in [-0.4, -0.2) is 18.1 Å². The summed E-state index contributed by atoms with van der Waals surface area (Å²) in [5, 5.41) is 4.10. The first kappa shape index (κ1) is 16.2. The van der Waals surface area contributed by atoms with Crippen LogP contribution >= 0.6 is 23.4 Å². The molecule has 0 N–H and O–H groups in total. The third-order valence-corrected chi connectivity index (χ3v) is 4.39. The molecule has 0 bridgehead atoms. The van der Waals surface area contributed by atoms with Gasteiger partial charge in [-0.15, -0.1) is 7.05 Å². The number of amides is 1. The van der Waals surface area contributed by atoms with E-state index in [4.69, 9.17) is 11.6 Å². The second-order valence-electron chi connectivity index (χ2n) is 4.21. The van der Waals surface area contributed by atoms with E-state index in [2.05, 4.69) is 10.3 Å². The average Bonchev–Trinajstić information content (AvgIpc) is 2.62. The molecule has 0 saturated carbocycles. The van der Waals surface area contributed by atoms with Crippen molar-refractivity contribution in [3.05, 3.63) is 58.9 Å². The van der Waals surface area contributed by atoms with Gasteiger partial charge in [-0.05, 0) is 18.2 Å². The Balaban J connectivity index is 0.00000161. The normalized spacial score (nSPS) is 12.2. The summed E-state index contributed by atoms with van der Waals surface area (Å²) in [6, 6.07) is 13.2. The van der Waals surface area contributed by atoms with Gasteiger partial charge < -0.3 is 10.1 Å². The molecule has 1 aliphatic heterocycles. The number of aliphatic imine (C=N–C) groups is 1. The Hall–Kier alpha value is -1.16. The molecule has 3 rings (SSSR count). The molecule has 1 heterocycles. The Labute approximate surface area is 144 Å². The summed E-state index contributed by atoms with van der Waals surface area (Å²) < 4.78 is 0. The number of hydrogen-bond acceptors (Lipinski definition) is 3. The van der Waals surface area contributed by atoms with E-state index < -0.39 is 0 Å². The summed E-state index contributed by atoms with van der Waals surface area (Å²) in [7, 11) is 1.48. The van der Waals surface area contributed by atoms with Gasteiger partial charge >= 0.3 is 0 Å². The van der Waals surface area contributed by atoms with Crippen molar-refractivity contribution in [2.24, 2.45) is 4.99 Å². The van der Waals surface area contributed by atoms with E-state index in [-0.39, 0.29) is 25.4 Å². The van der Waals surface area contributed by atoms with Crippen molar-refractivity contribution in [3.8, 4) is 0 Å². The number of nitrogens with zero attached hydrogens (tertiary/aromatic N) is 2. The molecule has 109 valence electrons. The standard InChI is InChI=1S/C15H11ClN2OS.Rh/c1-17-15(19)9-6-7-13-11(8-9)18-14(16)10-4-2-3-5-12(10)20-13;/h2-8H,1H3,(H,17,19);/p-1. The molecule has 1 aliphatic rings. The molecule has 0 spiro atoms. The van der Waals surface area contributed by atoms with Crippen LogP contribution in [0.4, 0.5) is 5.69 Å². The predicted octanol–water partition coefficient (Wildman–Crippen LogP) is 4.61. The molecule has 0 aromatic heterocycles. The van der Waals surface area contributed by atoms with E-state index in [9.17, 15) is 4.79 Å². The minimum atomic E-state index is -0.258. The summed E-state index contributed by atoms with van der Waals surface area (Å²) in [6.45, 7) is 0. The Bertz CT molecular complexity index is 733. The molecule has 21 heavy (non-hydrogen) atoms. The van der Waals surface area contributed by atoms with E-state index in [0.29, 0.717) is 16.4 Å². The molecule has 1 amide bonds. The molecule has 2 aromatic rings. The molecule has 1 radical (unpaired) electrons. The molecule has 0 aliphatic carbocycles. The molecular weight excluding hydrogens is 395 g/mol. The van der Waals surface area contributed by atoms with Crippen LogP contribution in [-0.2, 0) is 19.5 Å². The Morgan fingerprint density at radius 2 is 1.95 bits per heavy atom. The number of benzene rings is 2. The molecule has 2 aromatic carbocycles. The van der Waals surface area contributed by atoms with Crippen LogP contribution in [0.2, 0.25) is 0 Å². The molecule has 3 nitrogen and oxygen atoms in total. The third-order valence-electron chi connectivity index (χ3n) is 2.96. The monoisotopic (exact) mass is 404 g/mol. The zero-order chi connectivity index (χ0) is 14.1. The summed E-state index contributed by atoms with van der Waals surface area (Å²) in [4.78, 5) is 18.1. The van der Waals surface area contributed by atoms with Gasteiger partial charge in [-0.25, -0.2) is 4.99 Å². The fourth-order valence-corrected chi connectivity index (χ4v) is 3.28. The van der Waals surface area contributed by atoms with Gasteiger partial charge in [-0.1, -0.05) is 47.6 Å². The maximum Gasteiger partial charge on any atom is 0.138 e. The van der Waals surface area contributed by atoms with Crippen LogP contribution in [0.15, 0.2) is 57.2 Å². The number of carbonyl (C=O) groups excluding carboxylic acids is 1. The Morgan fingerprint density at radius 1 is 1.19 bits per heavy atom. The fraction of sp³-hybridized carbons (Fsp3) is 0.0667. The Morgan fingerprint density at radius 3 is 2.71 bits per heavy atom. The van der Waals surface area contributed by atoms with Crippen LogP contribution in [0.5, 0.6) is 0 Å². The van der Waals surface area contributed by atoms with Crippen molar-refractivity contribution < 1.29 is 24.3 Å². The zero-order valence-corrected chi connectivity index (χ0v) is 14.2. The minimum Gasteiger partial charge on any atom is -0.652 e. The fourth-order valence-electron chi connectivity index (χ4n) is 1.96. The van der Waals surface area contributed by atoms with E-state index >= 15 is 0 Å². The van der Waals surface area contributed by atoms with Crippen molar-refractivity contribution in [3.63, 3.8) is 0 Å². The number of hydrogen-bond donors (Lipinski definition) is 0. The quantitative estimate of drug-likeness (QED) is 0.652. The first-order chi connectivity index (χ1) is 9.69. The molecule has 6 heteroatoms. The predicted molar refractivity (Wildman–Crippen MR) is 82.7 cm³/mol. The summed E-state index contributed by atoms with van der Waals surface area (Å²) in [6.07, 6.45) is 0. The van der Waals surface area contributed by atoms with Gasteiger partial charge in [0.1, 0.15) is 5.17 Å². The smallest absolute Gasteiger partial charge is 0.138 e. The number of halogens is 1. The van der Waals surface area contributed by atoms with Crippen molar-refractivity contribution in [2.75, 3.05) is 7.05 Å². The molecule has 0 atom stereocenters. The van der Waals surface area contributed by atoms with Gasteiger partial charge in [-0.3, -0.25) is 0 Å². The second kappa shape index (κ2) is 6.74. The van der Waals surface area contributed by atoms with Gasteiger partial charge in [0.25, 0.3) is 0 Å². The summed E-state index contributed by atoms with van der Waals surface area (Å²) >= 11 is 7.87. The summed E-state index contributed by atoms with van der Waals surface area (Å²) in [5.41, 5.74) is 2.13. The molecular formula is C15H10ClN2ORhS-. The van der Waals surface area contributed by atoms with Crippen molar-refractivity contribution in [2.45, 2.75) is 9.79 Å². The number of fused-ring (bicyclic) bond motifs is 2. The van der Waals surface area contributed by atoms with E-state index in [1.807, 2.05) is 30.3 Å². The number of carbonyl (C=O) groups is 1. The van der Waals surface area contributed by atoms with Crippen molar-refractivity contribution in [1.29, 1.82) is 0 Å².